The van der Waals surface area contributed by atoms with Gasteiger partial charge in [-0.05, 0) is 70.1 Å². The van der Waals surface area contributed by atoms with E-state index in [1.807, 2.05) is 0 Å². The smallest absolute Gasteiger partial charge is 0.307 e. The summed E-state index contributed by atoms with van der Waals surface area (Å²) in [5, 5.41) is 19.0. The molecule has 0 fully saturated rings. The molecule has 0 aromatic carbocycles. The van der Waals surface area contributed by atoms with E-state index in [0.29, 0.717) is 12.8 Å². The maximum atomic E-state index is 12.6. The van der Waals surface area contributed by atoms with Gasteiger partial charge < -0.3 is 19.7 Å². The highest BCUT2D eigenvalue weighted by atomic mass is 16.5. The third kappa shape index (κ3) is 36.1. The number of carbonyl (C=O) groups is 4. The largest absolute Gasteiger partial charge is 0.481 e. The second-order valence-corrected chi connectivity index (χ2v) is 15.0. The number of allylic oxidation sites excluding steroid dienone is 4. The first kappa shape index (κ1) is 50.4. The molecule has 1 unspecified atom stereocenters. The Morgan fingerprint density at radius 1 is 0.434 bits per heavy atom. The predicted molar refractivity (Wildman–Crippen MR) is 217 cm³/mol. The summed E-state index contributed by atoms with van der Waals surface area (Å²) in [6.45, 7) is 4.94. The van der Waals surface area contributed by atoms with Gasteiger partial charge in [0.15, 0.2) is 0 Å². The molecule has 0 saturated heterocycles. The monoisotopic (exact) mass is 749 g/mol. The molecule has 0 rings (SSSR count). The third-order valence-electron chi connectivity index (χ3n) is 9.98. The van der Waals surface area contributed by atoms with Gasteiger partial charge in [-0.25, -0.2) is 0 Å². The zero-order valence-electron chi connectivity index (χ0n) is 34.1. The molecule has 308 valence electrons. The molecule has 0 bridgehead atoms. The van der Waals surface area contributed by atoms with Crippen LogP contribution in [0.25, 0.3) is 0 Å². The molecule has 0 radical (unpaired) electrons. The highest BCUT2D eigenvalue weighted by molar-refractivity contribution is 5.80. The lowest BCUT2D eigenvalue weighted by Gasteiger charge is -2.21. The molecule has 8 nitrogen and oxygen atoms in total. The number of unbranched alkanes of at least 4 members (excludes halogenated alkanes) is 24. The zero-order chi connectivity index (χ0) is 39.0. The van der Waals surface area contributed by atoms with Crippen LogP contribution in [0.2, 0.25) is 0 Å². The molecular weight excluding hydrogens is 668 g/mol. The van der Waals surface area contributed by atoms with Crippen molar-refractivity contribution in [1.82, 2.24) is 0 Å². The molecule has 0 aliphatic rings. The number of carboxylic acid groups (broad SMARTS) is 2. The van der Waals surface area contributed by atoms with E-state index in [1.54, 1.807) is 0 Å². The van der Waals surface area contributed by atoms with E-state index in [2.05, 4.69) is 38.2 Å². The maximum Gasteiger partial charge on any atom is 0.307 e. The van der Waals surface area contributed by atoms with Gasteiger partial charge in [0.2, 0.25) is 0 Å². The Morgan fingerprint density at radius 3 is 1.04 bits per heavy atom. The normalized spacial score (nSPS) is 12.7. The Morgan fingerprint density at radius 2 is 0.736 bits per heavy atom. The van der Waals surface area contributed by atoms with Crippen molar-refractivity contribution < 1.29 is 38.9 Å². The molecule has 2 N–H and O–H groups in total. The van der Waals surface area contributed by atoms with Gasteiger partial charge in [-0.1, -0.05) is 154 Å². The van der Waals surface area contributed by atoms with E-state index in [9.17, 15) is 29.4 Å². The molecule has 0 amide bonds. The standard InChI is InChI=1S/C45H80O8/c1-3-5-7-9-11-13-15-17-19-21-23-25-27-29-31-33-35-52-43(48)37-40(41(45(50)51)39-42(46)47)38-44(49)53-36-34-32-30-28-26-24-22-20-18-16-14-12-10-8-6-4-2/h17-20,40-41H,3-16,21-39H2,1-2H3,(H,46,47)(H,50,51). The van der Waals surface area contributed by atoms with Crippen molar-refractivity contribution in [2.45, 2.75) is 213 Å². The van der Waals surface area contributed by atoms with Crippen LogP contribution in [0, 0.1) is 11.8 Å². The van der Waals surface area contributed by atoms with Gasteiger partial charge in [0.05, 0.1) is 25.6 Å². The van der Waals surface area contributed by atoms with Crippen LogP contribution >= 0.6 is 0 Å². The average Bonchev–Trinajstić information content (AvgIpc) is 3.12. The summed E-state index contributed by atoms with van der Waals surface area (Å²) >= 11 is 0. The minimum Gasteiger partial charge on any atom is -0.481 e. The Hall–Kier alpha value is -2.64. The average molecular weight is 749 g/mol. The minimum absolute atomic E-state index is 0.226. The van der Waals surface area contributed by atoms with Gasteiger partial charge in [0.25, 0.3) is 0 Å². The molecule has 0 aromatic rings. The Kier molecular flexibility index (Phi) is 37.1. The van der Waals surface area contributed by atoms with Crippen molar-refractivity contribution in [1.29, 1.82) is 0 Å². The maximum absolute atomic E-state index is 12.6. The lowest BCUT2D eigenvalue weighted by atomic mass is 9.84. The van der Waals surface area contributed by atoms with Gasteiger partial charge in [-0.3, -0.25) is 19.2 Å². The lowest BCUT2D eigenvalue weighted by molar-refractivity contribution is -0.155. The van der Waals surface area contributed by atoms with Crippen molar-refractivity contribution >= 4 is 23.9 Å². The number of hydrogen-bond donors (Lipinski definition) is 2. The summed E-state index contributed by atoms with van der Waals surface area (Å²) in [6, 6.07) is 0. The second kappa shape index (κ2) is 39.1. The first-order valence-corrected chi connectivity index (χ1v) is 21.9. The van der Waals surface area contributed by atoms with Crippen LogP contribution in [-0.2, 0) is 28.7 Å². The molecular formula is C45H80O8. The van der Waals surface area contributed by atoms with Crippen LogP contribution in [0.5, 0.6) is 0 Å². The van der Waals surface area contributed by atoms with Crippen LogP contribution < -0.4 is 0 Å². The molecule has 0 aromatic heterocycles. The molecule has 0 spiro atoms. The first-order chi connectivity index (χ1) is 25.8. The van der Waals surface area contributed by atoms with Crippen molar-refractivity contribution in [2.24, 2.45) is 11.8 Å². The van der Waals surface area contributed by atoms with Crippen molar-refractivity contribution in [2.75, 3.05) is 13.2 Å². The molecule has 0 aliphatic carbocycles. The van der Waals surface area contributed by atoms with Gasteiger partial charge in [0, 0.05) is 12.8 Å². The topological polar surface area (TPSA) is 127 Å². The number of ether oxygens (including phenoxy) is 2. The number of rotatable bonds is 40. The van der Waals surface area contributed by atoms with Crippen LogP contribution in [0.3, 0.4) is 0 Å². The van der Waals surface area contributed by atoms with Crippen LogP contribution in [0.15, 0.2) is 24.3 Å². The minimum atomic E-state index is -1.39. The lowest BCUT2D eigenvalue weighted by Crippen LogP contribution is -2.31. The number of carbonyl (C=O) groups excluding carboxylic acids is 2. The van der Waals surface area contributed by atoms with Crippen molar-refractivity contribution in [3.8, 4) is 0 Å². The van der Waals surface area contributed by atoms with Crippen LogP contribution in [-0.4, -0.2) is 47.3 Å². The molecule has 8 heteroatoms. The SMILES string of the molecule is CCCCCCCCC=CCCCCCCCCOC(=O)CC(CC(=O)OCCCCCCCCC=CCCCCCCCC)C(CC(=O)O)C(=O)O. The second-order valence-electron chi connectivity index (χ2n) is 15.0. The fourth-order valence-electron chi connectivity index (χ4n) is 6.62. The number of carboxylic acids is 2. The van der Waals surface area contributed by atoms with Gasteiger partial charge in [-0.2, -0.15) is 0 Å². The summed E-state index contributed by atoms with van der Waals surface area (Å²) in [7, 11) is 0. The zero-order valence-corrected chi connectivity index (χ0v) is 34.1. The van der Waals surface area contributed by atoms with E-state index >= 15 is 0 Å². The predicted octanol–water partition coefficient (Wildman–Crippen LogP) is 12.7. The van der Waals surface area contributed by atoms with Gasteiger partial charge in [-0.15, -0.1) is 0 Å². The fourth-order valence-corrected chi connectivity index (χ4v) is 6.62. The van der Waals surface area contributed by atoms with Crippen molar-refractivity contribution in [3.05, 3.63) is 24.3 Å². The molecule has 1 atom stereocenters. The summed E-state index contributed by atoms with van der Waals surface area (Å²) in [4.78, 5) is 48.5. The molecule has 0 saturated carbocycles. The van der Waals surface area contributed by atoms with E-state index in [0.717, 1.165) is 51.4 Å². The quantitative estimate of drug-likeness (QED) is 0.0360. The summed E-state index contributed by atoms with van der Waals surface area (Å²) in [5.74, 6) is -6.26. The third-order valence-corrected chi connectivity index (χ3v) is 9.98. The first-order valence-electron chi connectivity index (χ1n) is 21.9. The van der Waals surface area contributed by atoms with Crippen molar-refractivity contribution in [3.63, 3.8) is 0 Å². The number of hydrogen-bond acceptors (Lipinski definition) is 6. The fraction of sp³-hybridized carbons (Fsp3) is 0.822. The molecule has 53 heavy (non-hydrogen) atoms. The van der Waals surface area contributed by atoms with E-state index in [-0.39, 0.29) is 26.1 Å². The van der Waals surface area contributed by atoms with E-state index in [4.69, 9.17) is 9.47 Å². The Balaban J connectivity index is 4.16. The summed E-state index contributed by atoms with van der Waals surface area (Å²) in [5.41, 5.74) is 0. The molecule has 0 heterocycles. The number of esters is 2. The number of aliphatic carboxylic acids is 2. The van der Waals surface area contributed by atoms with Crippen LogP contribution in [0.1, 0.15) is 213 Å². The highest BCUT2D eigenvalue weighted by Crippen LogP contribution is 2.25. The summed E-state index contributed by atoms with van der Waals surface area (Å²) in [6.07, 6.45) is 40.9. The van der Waals surface area contributed by atoms with E-state index < -0.39 is 42.1 Å². The van der Waals surface area contributed by atoms with E-state index in [1.165, 1.54) is 116 Å². The Bertz CT molecular complexity index is 885. The van der Waals surface area contributed by atoms with Gasteiger partial charge in [0.1, 0.15) is 0 Å². The highest BCUT2D eigenvalue weighted by Gasteiger charge is 2.34. The van der Waals surface area contributed by atoms with Crippen LogP contribution in [0.4, 0.5) is 0 Å². The Labute approximate surface area is 324 Å². The van der Waals surface area contributed by atoms with Gasteiger partial charge >= 0.3 is 23.9 Å². The molecule has 0 aliphatic heterocycles. The summed E-state index contributed by atoms with van der Waals surface area (Å²) < 4.78 is 10.7.